The lowest BCUT2D eigenvalue weighted by Crippen LogP contribution is -2.12. The zero-order valence-electron chi connectivity index (χ0n) is 15.2. The van der Waals surface area contributed by atoms with Crippen molar-refractivity contribution in [3.8, 4) is 11.4 Å². The highest BCUT2D eigenvalue weighted by Gasteiger charge is 2.15. The normalized spacial score (nSPS) is 13.3. The van der Waals surface area contributed by atoms with Crippen LogP contribution in [0.5, 0.6) is 0 Å². The molecule has 0 saturated heterocycles. The van der Waals surface area contributed by atoms with Crippen molar-refractivity contribution < 1.29 is 4.79 Å². The van der Waals surface area contributed by atoms with Crippen molar-refractivity contribution in [3.63, 3.8) is 0 Å². The summed E-state index contributed by atoms with van der Waals surface area (Å²) in [5.74, 6) is 0.939. The number of hydrogen-bond donors (Lipinski definition) is 1. The minimum Gasteiger partial charge on any atom is -0.328 e. The summed E-state index contributed by atoms with van der Waals surface area (Å²) in [6, 6.07) is 13.8. The predicted octanol–water partition coefficient (Wildman–Crippen LogP) is 4.76. The monoisotopic (exact) mass is 345 g/mol. The van der Waals surface area contributed by atoms with Crippen LogP contribution in [0.3, 0.4) is 0 Å². The lowest BCUT2D eigenvalue weighted by atomic mass is 10.1. The summed E-state index contributed by atoms with van der Waals surface area (Å²) in [6.07, 6.45) is 5.55. The SMILES string of the molecule is Cc1cc(C)cc(C(=O)Nc2ccc(-c3ncc4n3CCCC4)cc2)c1. The van der Waals surface area contributed by atoms with Crippen LogP contribution in [0, 0.1) is 13.8 Å². The van der Waals surface area contributed by atoms with Gasteiger partial charge in [0.15, 0.2) is 0 Å². The molecule has 0 aliphatic carbocycles. The van der Waals surface area contributed by atoms with Crippen molar-refractivity contribution in [3.05, 3.63) is 71.0 Å². The molecular weight excluding hydrogens is 322 g/mol. The molecule has 2 aromatic carbocycles. The minimum atomic E-state index is -0.0808. The van der Waals surface area contributed by atoms with Gasteiger partial charge in [0.25, 0.3) is 5.91 Å². The summed E-state index contributed by atoms with van der Waals surface area (Å²) < 4.78 is 2.31. The highest BCUT2D eigenvalue weighted by atomic mass is 16.1. The predicted molar refractivity (Wildman–Crippen MR) is 104 cm³/mol. The van der Waals surface area contributed by atoms with Gasteiger partial charge in [-0.25, -0.2) is 4.98 Å². The van der Waals surface area contributed by atoms with Gasteiger partial charge < -0.3 is 9.88 Å². The fraction of sp³-hybridized carbons (Fsp3) is 0.273. The Morgan fingerprint density at radius 2 is 1.77 bits per heavy atom. The van der Waals surface area contributed by atoms with Crippen LogP contribution in [-0.2, 0) is 13.0 Å². The minimum absolute atomic E-state index is 0.0808. The molecule has 3 aromatic rings. The Bertz CT molecular complexity index is 934. The first kappa shape index (κ1) is 16.6. The van der Waals surface area contributed by atoms with Gasteiger partial charge in [-0.3, -0.25) is 4.79 Å². The number of fused-ring (bicyclic) bond motifs is 1. The number of benzene rings is 2. The largest absolute Gasteiger partial charge is 0.328 e. The standard InChI is InChI=1S/C22H23N3O/c1-15-11-16(2)13-18(12-15)22(26)24-19-8-6-17(7-9-19)21-23-14-20-5-3-4-10-25(20)21/h6-9,11-14H,3-5,10H2,1-2H3,(H,24,26). The number of rotatable bonds is 3. The highest BCUT2D eigenvalue weighted by Crippen LogP contribution is 2.25. The summed E-state index contributed by atoms with van der Waals surface area (Å²) in [5.41, 5.74) is 6.07. The van der Waals surface area contributed by atoms with E-state index in [0.29, 0.717) is 5.56 Å². The lowest BCUT2D eigenvalue weighted by Gasteiger charge is -2.16. The van der Waals surface area contributed by atoms with Crippen molar-refractivity contribution >= 4 is 11.6 Å². The molecule has 0 spiro atoms. The quantitative estimate of drug-likeness (QED) is 0.744. The average Bonchev–Trinajstić information content (AvgIpc) is 3.06. The Hall–Kier alpha value is -2.88. The number of hydrogen-bond acceptors (Lipinski definition) is 2. The van der Waals surface area contributed by atoms with E-state index in [9.17, 15) is 4.79 Å². The number of anilines is 1. The molecular formula is C22H23N3O. The molecule has 0 atom stereocenters. The molecule has 0 radical (unpaired) electrons. The first-order chi connectivity index (χ1) is 12.6. The molecule has 4 nitrogen and oxygen atoms in total. The number of carbonyl (C=O) groups excluding carboxylic acids is 1. The fourth-order valence-electron chi connectivity index (χ4n) is 3.68. The Labute approximate surface area is 153 Å². The number of amides is 1. The highest BCUT2D eigenvalue weighted by molar-refractivity contribution is 6.04. The van der Waals surface area contributed by atoms with E-state index in [0.717, 1.165) is 41.2 Å². The lowest BCUT2D eigenvalue weighted by molar-refractivity contribution is 0.102. The smallest absolute Gasteiger partial charge is 0.255 e. The van der Waals surface area contributed by atoms with Crippen LogP contribution in [0.4, 0.5) is 5.69 Å². The third-order valence-corrected chi connectivity index (χ3v) is 4.89. The number of imidazole rings is 1. The second-order valence-corrected chi connectivity index (χ2v) is 7.09. The van der Waals surface area contributed by atoms with E-state index in [4.69, 9.17) is 0 Å². The summed E-state index contributed by atoms with van der Waals surface area (Å²) in [4.78, 5) is 17.1. The Morgan fingerprint density at radius 3 is 2.50 bits per heavy atom. The topological polar surface area (TPSA) is 46.9 Å². The zero-order chi connectivity index (χ0) is 18.1. The van der Waals surface area contributed by atoms with Crippen molar-refractivity contribution in [2.45, 2.75) is 39.7 Å². The van der Waals surface area contributed by atoms with Gasteiger partial charge in [0.05, 0.1) is 0 Å². The van der Waals surface area contributed by atoms with Crippen LogP contribution in [0.25, 0.3) is 11.4 Å². The van der Waals surface area contributed by atoms with Crippen molar-refractivity contribution in [1.29, 1.82) is 0 Å². The van der Waals surface area contributed by atoms with Crippen LogP contribution >= 0.6 is 0 Å². The van der Waals surface area contributed by atoms with Crippen molar-refractivity contribution in [2.75, 3.05) is 5.32 Å². The molecule has 2 heterocycles. The zero-order valence-corrected chi connectivity index (χ0v) is 15.2. The molecule has 4 rings (SSSR count). The first-order valence-corrected chi connectivity index (χ1v) is 9.15. The Balaban J connectivity index is 1.53. The van der Waals surface area contributed by atoms with Gasteiger partial charge in [-0.05, 0) is 69.5 Å². The number of nitrogens with one attached hydrogen (secondary N) is 1. The number of nitrogens with zero attached hydrogens (tertiary/aromatic N) is 2. The van der Waals surface area contributed by atoms with Gasteiger partial charge in [0, 0.05) is 35.2 Å². The van der Waals surface area contributed by atoms with Gasteiger partial charge >= 0.3 is 0 Å². The average molecular weight is 345 g/mol. The summed E-state index contributed by atoms with van der Waals surface area (Å²) in [7, 11) is 0. The summed E-state index contributed by atoms with van der Waals surface area (Å²) in [5, 5.41) is 2.98. The molecule has 1 aliphatic heterocycles. The Morgan fingerprint density at radius 1 is 1.04 bits per heavy atom. The molecule has 1 aromatic heterocycles. The third-order valence-electron chi connectivity index (χ3n) is 4.89. The van der Waals surface area contributed by atoms with Gasteiger partial charge in [-0.1, -0.05) is 17.2 Å². The fourth-order valence-corrected chi connectivity index (χ4v) is 3.68. The third kappa shape index (κ3) is 3.27. The van der Waals surface area contributed by atoms with Crippen LogP contribution in [-0.4, -0.2) is 15.5 Å². The molecule has 4 heteroatoms. The molecule has 0 fully saturated rings. The maximum absolute atomic E-state index is 12.5. The van der Waals surface area contributed by atoms with Gasteiger partial charge in [-0.15, -0.1) is 0 Å². The van der Waals surface area contributed by atoms with Crippen LogP contribution in [0.2, 0.25) is 0 Å². The van der Waals surface area contributed by atoms with E-state index >= 15 is 0 Å². The molecule has 0 bridgehead atoms. The van der Waals surface area contributed by atoms with E-state index in [1.807, 2.05) is 56.4 Å². The summed E-state index contributed by atoms with van der Waals surface area (Å²) >= 11 is 0. The van der Waals surface area contributed by atoms with Crippen LogP contribution in [0.15, 0.2) is 48.7 Å². The molecule has 1 amide bonds. The first-order valence-electron chi connectivity index (χ1n) is 9.15. The van der Waals surface area contributed by atoms with Crippen molar-refractivity contribution in [2.24, 2.45) is 0 Å². The van der Waals surface area contributed by atoms with Gasteiger partial charge in [0.2, 0.25) is 0 Å². The van der Waals surface area contributed by atoms with Crippen LogP contribution in [0.1, 0.15) is 40.0 Å². The second kappa shape index (κ2) is 6.79. The van der Waals surface area contributed by atoms with E-state index < -0.39 is 0 Å². The van der Waals surface area contributed by atoms with Gasteiger partial charge in [-0.2, -0.15) is 0 Å². The Kier molecular flexibility index (Phi) is 4.33. The molecule has 26 heavy (non-hydrogen) atoms. The maximum atomic E-state index is 12.5. The van der Waals surface area contributed by atoms with E-state index in [1.165, 1.54) is 18.5 Å². The van der Waals surface area contributed by atoms with E-state index in [1.54, 1.807) is 0 Å². The number of aryl methyl sites for hydroxylation is 3. The molecule has 1 N–H and O–H groups in total. The number of carbonyl (C=O) groups is 1. The molecule has 0 saturated carbocycles. The molecule has 0 unspecified atom stereocenters. The van der Waals surface area contributed by atoms with E-state index in [2.05, 4.69) is 20.9 Å². The van der Waals surface area contributed by atoms with E-state index in [-0.39, 0.29) is 5.91 Å². The van der Waals surface area contributed by atoms with Crippen LogP contribution < -0.4 is 5.32 Å². The molecule has 1 aliphatic rings. The maximum Gasteiger partial charge on any atom is 0.255 e. The second-order valence-electron chi connectivity index (χ2n) is 7.09. The molecule has 132 valence electrons. The van der Waals surface area contributed by atoms with Gasteiger partial charge in [0.1, 0.15) is 5.82 Å². The van der Waals surface area contributed by atoms with Crippen molar-refractivity contribution in [1.82, 2.24) is 9.55 Å². The summed E-state index contributed by atoms with van der Waals surface area (Å²) in [6.45, 7) is 5.05. The number of aromatic nitrogens is 2.